The molecule has 1 aromatic rings. The quantitative estimate of drug-likeness (QED) is 0.865. The van der Waals surface area contributed by atoms with Gasteiger partial charge in [0.25, 0.3) is 0 Å². The second kappa shape index (κ2) is 6.45. The van der Waals surface area contributed by atoms with Gasteiger partial charge in [-0.2, -0.15) is 0 Å². The first-order valence-corrected chi connectivity index (χ1v) is 7.42. The number of rotatable bonds is 3. The summed E-state index contributed by atoms with van der Waals surface area (Å²) in [7, 11) is 2.09. The molecule has 0 spiro atoms. The topological polar surface area (TPSA) is 69.8 Å². The second-order valence-corrected chi connectivity index (χ2v) is 6.08. The van der Waals surface area contributed by atoms with E-state index in [1.54, 1.807) is 24.3 Å². The third-order valence-electron chi connectivity index (χ3n) is 4.38. The van der Waals surface area contributed by atoms with Gasteiger partial charge >= 0.3 is 0 Å². The maximum atomic E-state index is 12.5. The number of hydrogen-bond donors (Lipinski definition) is 2. The van der Waals surface area contributed by atoms with Crippen LogP contribution in [0.5, 0.6) is 5.75 Å². The molecule has 0 radical (unpaired) electrons. The summed E-state index contributed by atoms with van der Waals surface area (Å²) >= 11 is 0. The molecule has 1 fully saturated rings. The summed E-state index contributed by atoms with van der Waals surface area (Å²) in [5.74, 6) is 0.232. The van der Waals surface area contributed by atoms with Gasteiger partial charge < -0.3 is 15.7 Å². The fourth-order valence-electron chi connectivity index (χ4n) is 2.79. The van der Waals surface area contributed by atoms with Gasteiger partial charge in [0, 0.05) is 25.2 Å². The third kappa shape index (κ3) is 3.74. The average Bonchev–Trinajstić information content (AvgIpc) is 2.45. The molecule has 0 aliphatic carbocycles. The predicted molar refractivity (Wildman–Crippen MR) is 83.1 cm³/mol. The zero-order chi connectivity index (χ0) is 15.6. The van der Waals surface area contributed by atoms with Crippen LogP contribution in [-0.4, -0.2) is 59.1 Å². The molecule has 3 N–H and O–H groups in total. The molecule has 3 atom stereocenters. The van der Waals surface area contributed by atoms with Crippen LogP contribution in [0, 0.1) is 0 Å². The van der Waals surface area contributed by atoms with E-state index in [1.807, 2.05) is 4.90 Å². The Balaban J connectivity index is 1.97. The smallest absolute Gasteiger partial charge is 0.239 e. The highest BCUT2D eigenvalue weighted by Gasteiger charge is 2.31. The van der Waals surface area contributed by atoms with Gasteiger partial charge in [-0.1, -0.05) is 12.1 Å². The summed E-state index contributed by atoms with van der Waals surface area (Å²) in [5.41, 5.74) is 7.04. The zero-order valence-electron chi connectivity index (χ0n) is 13.0. The van der Waals surface area contributed by atoms with Crippen LogP contribution in [0.25, 0.3) is 0 Å². The Labute approximate surface area is 126 Å². The number of phenolic OH excluding ortho intramolecular Hbond substituents is 1. The number of carbonyl (C=O) groups excluding carboxylic acids is 1. The Morgan fingerprint density at radius 3 is 2.33 bits per heavy atom. The molecule has 21 heavy (non-hydrogen) atoms. The molecule has 2 rings (SSSR count). The molecular formula is C16H25N3O2. The Morgan fingerprint density at radius 2 is 1.81 bits per heavy atom. The van der Waals surface area contributed by atoms with Crippen LogP contribution in [0.4, 0.5) is 0 Å². The zero-order valence-corrected chi connectivity index (χ0v) is 13.0. The van der Waals surface area contributed by atoms with Crippen molar-refractivity contribution in [3.63, 3.8) is 0 Å². The maximum Gasteiger partial charge on any atom is 0.239 e. The lowest BCUT2D eigenvalue weighted by atomic mass is 10.0. The van der Waals surface area contributed by atoms with Gasteiger partial charge in [0.2, 0.25) is 5.91 Å². The standard InChI is InChI=1S/C16H25N3O2/c1-11-9-19(10-12(2)18(11)3)16(21)15(17)8-13-4-6-14(20)7-5-13/h4-7,11-12,15,20H,8-10,17H2,1-3H3. The third-order valence-corrected chi connectivity index (χ3v) is 4.38. The lowest BCUT2D eigenvalue weighted by molar-refractivity contribution is -0.136. The SMILES string of the molecule is CC1CN(C(=O)C(N)Cc2ccc(O)cc2)CC(C)N1C. The molecule has 1 aliphatic rings. The molecule has 1 aromatic carbocycles. The number of nitrogens with two attached hydrogens (primary N) is 1. The summed E-state index contributed by atoms with van der Waals surface area (Å²) in [5, 5.41) is 9.28. The number of phenols is 1. The van der Waals surface area contributed by atoms with E-state index < -0.39 is 6.04 Å². The van der Waals surface area contributed by atoms with Crippen molar-refractivity contribution in [2.24, 2.45) is 5.73 Å². The normalized spacial score (nSPS) is 24.9. The van der Waals surface area contributed by atoms with E-state index in [1.165, 1.54) is 0 Å². The van der Waals surface area contributed by atoms with Crippen LogP contribution < -0.4 is 5.73 Å². The van der Waals surface area contributed by atoms with E-state index in [0.29, 0.717) is 18.5 Å². The molecule has 1 aliphatic heterocycles. The van der Waals surface area contributed by atoms with E-state index in [2.05, 4.69) is 25.8 Å². The highest BCUT2D eigenvalue weighted by Crippen LogP contribution is 2.16. The summed E-state index contributed by atoms with van der Waals surface area (Å²) in [6.07, 6.45) is 0.494. The molecule has 1 saturated heterocycles. The number of aromatic hydroxyl groups is 1. The predicted octanol–water partition coefficient (Wildman–Crippen LogP) is 0.813. The summed E-state index contributed by atoms with van der Waals surface area (Å²) < 4.78 is 0. The Hall–Kier alpha value is -1.59. The Bertz CT molecular complexity index is 477. The van der Waals surface area contributed by atoms with Crippen LogP contribution in [0.3, 0.4) is 0 Å². The molecule has 116 valence electrons. The van der Waals surface area contributed by atoms with Crippen molar-refractivity contribution in [2.45, 2.75) is 38.4 Å². The summed E-state index contributed by atoms with van der Waals surface area (Å²) in [6.45, 7) is 5.70. The van der Waals surface area contributed by atoms with E-state index in [-0.39, 0.29) is 11.7 Å². The van der Waals surface area contributed by atoms with Crippen LogP contribution in [0.1, 0.15) is 19.4 Å². The van der Waals surface area contributed by atoms with Crippen LogP contribution in [0.15, 0.2) is 24.3 Å². The molecular weight excluding hydrogens is 266 g/mol. The van der Waals surface area contributed by atoms with E-state index in [9.17, 15) is 9.90 Å². The summed E-state index contributed by atoms with van der Waals surface area (Å²) in [6, 6.07) is 7.00. The van der Waals surface area contributed by atoms with Gasteiger partial charge in [-0.3, -0.25) is 9.69 Å². The van der Waals surface area contributed by atoms with Gasteiger partial charge in [0.05, 0.1) is 6.04 Å². The minimum Gasteiger partial charge on any atom is -0.508 e. The monoisotopic (exact) mass is 291 g/mol. The van der Waals surface area contributed by atoms with Crippen molar-refractivity contribution in [3.05, 3.63) is 29.8 Å². The molecule has 0 aromatic heterocycles. The molecule has 3 unspecified atom stereocenters. The average molecular weight is 291 g/mol. The van der Waals surface area contributed by atoms with Crippen LogP contribution in [-0.2, 0) is 11.2 Å². The highest BCUT2D eigenvalue weighted by molar-refractivity contribution is 5.82. The van der Waals surface area contributed by atoms with Gasteiger partial charge in [-0.25, -0.2) is 0 Å². The Morgan fingerprint density at radius 1 is 1.29 bits per heavy atom. The lowest BCUT2D eigenvalue weighted by Gasteiger charge is -2.43. The molecule has 1 heterocycles. The molecule has 0 bridgehead atoms. The minimum atomic E-state index is -0.530. The number of benzene rings is 1. The van der Waals surface area contributed by atoms with Gasteiger partial charge in [0.15, 0.2) is 0 Å². The van der Waals surface area contributed by atoms with Gasteiger partial charge in [-0.15, -0.1) is 0 Å². The van der Waals surface area contributed by atoms with Crippen LogP contribution >= 0.6 is 0 Å². The minimum absolute atomic E-state index is 0.00914. The van der Waals surface area contributed by atoms with Crippen molar-refractivity contribution in [1.82, 2.24) is 9.80 Å². The summed E-state index contributed by atoms with van der Waals surface area (Å²) in [4.78, 5) is 16.7. The largest absolute Gasteiger partial charge is 0.508 e. The van der Waals surface area contributed by atoms with Crippen molar-refractivity contribution in [3.8, 4) is 5.75 Å². The van der Waals surface area contributed by atoms with Gasteiger partial charge in [-0.05, 0) is 45.0 Å². The second-order valence-electron chi connectivity index (χ2n) is 6.08. The number of hydrogen-bond acceptors (Lipinski definition) is 4. The van der Waals surface area contributed by atoms with Crippen molar-refractivity contribution >= 4 is 5.91 Å². The van der Waals surface area contributed by atoms with Gasteiger partial charge in [0.1, 0.15) is 5.75 Å². The lowest BCUT2D eigenvalue weighted by Crippen LogP contribution is -2.59. The van der Waals surface area contributed by atoms with E-state index in [0.717, 1.165) is 18.7 Å². The maximum absolute atomic E-state index is 12.5. The Kier molecular flexibility index (Phi) is 4.85. The number of piperazine rings is 1. The van der Waals surface area contributed by atoms with E-state index in [4.69, 9.17) is 5.73 Å². The fraction of sp³-hybridized carbons (Fsp3) is 0.562. The van der Waals surface area contributed by atoms with E-state index >= 15 is 0 Å². The number of nitrogens with zero attached hydrogens (tertiary/aromatic N) is 2. The highest BCUT2D eigenvalue weighted by atomic mass is 16.3. The van der Waals surface area contributed by atoms with Crippen LogP contribution in [0.2, 0.25) is 0 Å². The fourth-order valence-corrected chi connectivity index (χ4v) is 2.79. The first-order valence-electron chi connectivity index (χ1n) is 7.42. The number of amides is 1. The van der Waals surface area contributed by atoms with Crippen molar-refractivity contribution < 1.29 is 9.90 Å². The van der Waals surface area contributed by atoms with Crippen molar-refractivity contribution in [2.75, 3.05) is 20.1 Å². The molecule has 0 saturated carbocycles. The number of likely N-dealkylation sites (N-methyl/N-ethyl adjacent to an activating group) is 1. The first-order chi connectivity index (χ1) is 9.88. The van der Waals surface area contributed by atoms with Crippen molar-refractivity contribution in [1.29, 1.82) is 0 Å². The first kappa shape index (κ1) is 15.8. The molecule has 5 nitrogen and oxygen atoms in total. The number of carbonyl (C=O) groups is 1. The molecule has 1 amide bonds. The molecule has 5 heteroatoms.